The van der Waals surface area contributed by atoms with Gasteiger partial charge in [-0.15, -0.1) is 0 Å². The standard InChI is InChI=1S/C17H27N3O4/c1-5-19(10-13-7-9-23-12-13)15(21)18-14-6-8-20(11-14)16(22)24-17(2,3)4/h7,9,12,14H,5-6,8,10-11H2,1-4H3,(H,18,21). The van der Waals surface area contributed by atoms with Gasteiger partial charge in [-0.2, -0.15) is 0 Å². The number of carbonyl (C=O) groups is 2. The molecule has 7 nitrogen and oxygen atoms in total. The van der Waals surface area contributed by atoms with E-state index < -0.39 is 5.60 Å². The molecular formula is C17H27N3O4. The molecule has 2 rings (SSSR count). The number of nitrogens with one attached hydrogen (secondary N) is 1. The second-order valence-electron chi connectivity index (χ2n) is 7.01. The Balaban J connectivity index is 1.83. The number of hydrogen-bond acceptors (Lipinski definition) is 4. The summed E-state index contributed by atoms with van der Waals surface area (Å²) >= 11 is 0. The van der Waals surface area contributed by atoms with E-state index in [1.54, 1.807) is 22.3 Å². The minimum atomic E-state index is -0.512. The number of amides is 3. The summed E-state index contributed by atoms with van der Waals surface area (Å²) in [5.41, 5.74) is 0.441. The number of hydrogen-bond donors (Lipinski definition) is 1. The highest BCUT2D eigenvalue weighted by atomic mass is 16.6. The van der Waals surface area contributed by atoms with Gasteiger partial charge in [0.25, 0.3) is 0 Å². The largest absolute Gasteiger partial charge is 0.472 e. The highest BCUT2D eigenvalue weighted by Gasteiger charge is 2.31. The Morgan fingerprint density at radius 2 is 2.21 bits per heavy atom. The second kappa shape index (κ2) is 7.59. The lowest BCUT2D eigenvalue weighted by molar-refractivity contribution is 0.0291. The zero-order valence-electron chi connectivity index (χ0n) is 14.9. The van der Waals surface area contributed by atoms with Gasteiger partial charge >= 0.3 is 12.1 Å². The highest BCUT2D eigenvalue weighted by molar-refractivity contribution is 5.75. The summed E-state index contributed by atoms with van der Waals surface area (Å²) in [5.74, 6) is 0. The highest BCUT2D eigenvalue weighted by Crippen LogP contribution is 2.16. The van der Waals surface area contributed by atoms with Gasteiger partial charge in [0.1, 0.15) is 5.60 Å². The van der Waals surface area contributed by atoms with Crippen LogP contribution in [0.25, 0.3) is 0 Å². The maximum absolute atomic E-state index is 12.4. The van der Waals surface area contributed by atoms with Crippen molar-refractivity contribution in [2.24, 2.45) is 0 Å². The van der Waals surface area contributed by atoms with Crippen molar-refractivity contribution in [2.75, 3.05) is 19.6 Å². The topological polar surface area (TPSA) is 75.0 Å². The SMILES string of the molecule is CCN(Cc1ccoc1)C(=O)NC1CCN(C(=O)OC(C)(C)C)C1. The van der Waals surface area contributed by atoms with Gasteiger partial charge in [0.05, 0.1) is 19.1 Å². The van der Waals surface area contributed by atoms with E-state index in [0.29, 0.717) is 26.2 Å². The summed E-state index contributed by atoms with van der Waals surface area (Å²) in [4.78, 5) is 27.8. The summed E-state index contributed by atoms with van der Waals surface area (Å²) in [6.07, 6.45) is 3.63. The van der Waals surface area contributed by atoms with Crippen LogP contribution in [0.4, 0.5) is 9.59 Å². The minimum absolute atomic E-state index is 0.0524. The number of urea groups is 1. The number of likely N-dealkylation sites (tertiary alicyclic amines) is 1. The van der Waals surface area contributed by atoms with E-state index in [0.717, 1.165) is 12.0 Å². The maximum Gasteiger partial charge on any atom is 0.410 e. The fraction of sp³-hybridized carbons (Fsp3) is 0.647. The van der Waals surface area contributed by atoms with Crippen molar-refractivity contribution in [1.29, 1.82) is 0 Å². The van der Waals surface area contributed by atoms with Gasteiger partial charge in [0.2, 0.25) is 0 Å². The molecule has 0 aliphatic carbocycles. The summed E-state index contributed by atoms with van der Waals surface area (Å²) < 4.78 is 10.4. The molecule has 1 unspecified atom stereocenters. The Bertz CT molecular complexity index is 551. The van der Waals surface area contributed by atoms with Crippen LogP contribution < -0.4 is 5.32 Å². The molecule has 7 heteroatoms. The van der Waals surface area contributed by atoms with Crippen molar-refractivity contribution in [3.63, 3.8) is 0 Å². The zero-order chi connectivity index (χ0) is 17.7. The van der Waals surface area contributed by atoms with Gasteiger partial charge < -0.3 is 24.3 Å². The predicted octanol–water partition coefficient (Wildman–Crippen LogP) is 2.82. The first-order valence-corrected chi connectivity index (χ1v) is 8.33. The van der Waals surface area contributed by atoms with Crippen LogP contribution in [0, 0.1) is 0 Å². The molecule has 1 fully saturated rings. The van der Waals surface area contributed by atoms with Crippen molar-refractivity contribution >= 4 is 12.1 Å². The molecule has 1 aliphatic heterocycles. The summed E-state index contributed by atoms with van der Waals surface area (Å²) in [7, 11) is 0. The normalized spacial score (nSPS) is 17.7. The Labute approximate surface area is 142 Å². The predicted molar refractivity (Wildman–Crippen MR) is 89.5 cm³/mol. The van der Waals surface area contributed by atoms with Gasteiger partial charge in [0.15, 0.2) is 0 Å². The number of furan rings is 1. The van der Waals surface area contributed by atoms with Gasteiger partial charge in [0, 0.05) is 31.2 Å². The third kappa shape index (κ3) is 5.18. The van der Waals surface area contributed by atoms with Crippen molar-refractivity contribution in [1.82, 2.24) is 15.1 Å². The van der Waals surface area contributed by atoms with Crippen LogP contribution in [0.3, 0.4) is 0 Å². The first-order valence-electron chi connectivity index (χ1n) is 8.33. The molecule has 134 valence electrons. The molecule has 3 amide bonds. The van der Waals surface area contributed by atoms with Crippen molar-refractivity contribution in [2.45, 2.75) is 52.3 Å². The number of ether oxygens (including phenoxy) is 1. The van der Waals surface area contributed by atoms with Crippen LogP contribution in [0.1, 0.15) is 39.7 Å². The first kappa shape index (κ1) is 18.2. The van der Waals surface area contributed by atoms with Gasteiger partial charge in [-0.1, -0.05) is 0 Å². The van der Waals surface area contributed by atoms with E-state index in [4.69, 9.17) is 9.15 Å². The smallest absolute Gasteiger partial charge is 0.410 e. The lowest BCUT2D eigenvalue weighted by Gasteiger charge is -2.25. The fourth-order valence-electron chi connectivity index (χ4n) is 2.57. The average molecular weight is 337 g/mol. The molecule has 0 aromatic carbocycles. The first-order chi connectivity index (χ1) is 11.3. The van der Waals surface area contributed by atoms with Gasteiger partial charge in [-0.05, 0) is 40.2 Å². The molecule has 1 aromatic heterocycles. The van der Waals surface area contributed by atoms with Crippen LogP contribution in [0.2, 0.25) is 0 Å². The Kier molecular flexibility index (Phi) is 5.75. The van der Waals surface area contributed by atoms with Crippen LogP contribution in [0.15, 0.2) is 23.0 Å². The van der Waals surface area contributed by atoms with E-state index in [1.807, 2.05) is 33.8 Å². The lowest BCUT2D eigenvalue weighted by Crippen LogP contribution is -2.46. The molecule has 1 saturated heterocycles. The molecule has 2 heterocycles. The monoisotopic (exact) mass is 337 g/mol. The van der Waals surface area contributed by atoms with Gasteiger partial charge in [-0.3, -0.25) is 0 Å². The zero-order valence-corrected chi connectivity index (χ0v) is 14.9. The minimum Gasteiger partial charge on any atom is -0.472 e. The van der Waals surface area contributed by atoms with Crippen molar-refractivity contribution in [3.8, 4) is 0 Å². The second-order valence-corrected chi connectivity index (χ2v) is 7.01. The number of rotatable bonds is 4. The van der Waals surface area contributed by atoms with E-state index in [2.05, 4.69) is 5.32 Å². The van der Waals surface area contributed by atoms with Crippen molar-refractivity contribution < 1.29 is 18.7 Å². The van der Waals surface area contributed by atoms with Crippen LogP contribution in [-0.2, 0) is 11.3 Å². The molecule has 1 N–H and O–H groups in total. The number of carbonyl (C=O) groups excluding carboxylic acids is 2. The lowest BCUT2D eigenvalue weighted by atomic mass is 10.2. The van der Waals surface area contributed by atoms with E-state index in [1.165, 1.54) is 0 Å². The van der Waals surface area contributed by atoms with E-state index in [-0.39, 0.29) is 18.2 Å². The van der Waals surface area contributed by atoms with Crippen LogP contribution >= 0.6 is 0 Å². The summed E-state index contributed by atoms with van der Waals surface area (Å²) in [5, 5.41) is 3.00. The molecule has 0 radical (unpaired) electrons. The Morgan fingerprint density at radius 1 is 1.46 bits per heavy atom. The molecular weight excluding hydrogens is 310 g/mol. The Hall–Kier alpha value is -2.18. The van der Waals surface area contributed by atoms with Crippen LogP contribution in [-0.4, -0.2) is 53.2 Å². The third-order valence-corrected chi connectivity index (χ3v) is 3.79. The molecule has 0 saturated carbocycles. The Morgan fingerprint density at radius 3 is 2.79 bits per heavy atom. The fourth-order valence-corrected chi connectivity index (χ4v) is 2.57. The molecule has 0 bridgehead atoms. The van der Waals surface area contributed by atoms with Gasteiger partial charge in [-0.25, -0.2) is 9.59 Å². The third-order valence-electron chi connectivity index (χ3n) is 3.79. The summed E-state index contributed by atoms with van der Waals surface area (Å²) in [6.45, 7) is 9.62. The van der Waals surface area contributed by atoms with E-state index in [9.17, 15) is 9.59 Å². The molecule has 1 aromatic rings. The molecule has 1 aliphatic rings. The van der Waals surface area contributed by atoms with E-state index >= 15 is 0 Å². The maximum atomic E-state index is 12.4. The molecule has 0 spiro atoms. The average Bonchev–Trinajstić information content (AvgIpc) is 3.14. The quantitative estimate of drug-likeness (QED) is 0.917. The summed E-state index contributed by atoms with van der Waals surface area (Å²) in [6, 6.07) is 1.66. The van der Waals surface area contributed by atoms with Crippen molar-refractivity contribution in [3.05, 3.63) is 24.2 Å². The van der Waals surface area contributed by atoms with Crippen LogP contribution in [0.5, 0.6) is 0 Å². The number of nitrogens with zero attached hydrogens (tertiary/aromatic N) is 2. The molecule has 24 heavy (non-hydrogen) atoms. The molecule has 1 atom stereocenters.